The number of anilines is 1. The predicted molar refractivity (Wildman–Crippen MR) is 61.9 cm³/mol. The lowest BCUT2D eigenvalue weighted by Gasteiger charge is -2.09. The van der Waals surface area contributed by atoms with Gasteiger partial charge in [-0.15, -0.1) is 0 Å². The van der Waals surface area contributed by atoms with Gasteiger partial charge in [0.15, 0.2) is 0 Å². The molecule has 2 N–H and O–H groups in total. The minimum absolute atomic E-state index is 0.0357. The fraction of sp³-hybridized carbons (Fsp3) is 0.250. The minimum Gasteiger partial charge on any atom is -0.396 e. The van der Waals surface area contributed by atoms with Crippen molar-refractivity contribution in [2.45, 2.75) is 19.9 Å². The molecule has 0 unspecified atom stereocenters. The lowest BCUT2D eigenvalue weighted by molar-refractivity contribution is 0.140. The lowest BCUT2D eigenvalue weighted by atomic mass is 10.1. The van der Waals surface area contributed by atoms with Gasteiger partial charge in [-0.25, -0.2) is 8.78 Å². The standard InChI is InChI=1S/C12H13F2N3/c1-8-4-2-3-5-9(8)7-17-11(12(13)14)10(15)6-16-17/h2-6,12H,7,15H2,1H3. The van der Waals surface area contributed by atoms with E-state index >= 15 is 0 Å². The molecule has 0 aliphatic rings. The Kier molecular flexibility index (Phi) is 3.08. The summed E-state index contributed by atoms with van der Waals surface area (Å²) in [4.78, 5) is 0. The molecule has 0 aliphatic carbocycles. The Morgan fingerprint density at radius 2 is 2.06 bits per heavy atom. The second kappa shape index (κ2) is 4.53. The number of hydrogen-bond donors (Lipinski definition) is 1. The van der Waals surface area contributed by atoms with Gasteiger partial charge in [0.05, 0.1) is 18.4 Å². The Balaban J connectivity index is 2.34. The molecule has 1 aromatic carbocycles. The normalized spacial score (nSPS) is 11.1. The first-order valence-electron chi connectivity index (χ1n) is 5.23. The Hall–Kier alpha value is -1.91. The molecule has 2 rings (SSSR count). The van der Waals surface area contributed by atoms with Crippen LogP contribution in [0.4, 0.5) is 14.5 Å². The topological polar surface area (TPSA) is 43.8 Å². The molecule has 0 radical (unpaired) electrons. The van der Waals surface area contributed by atoms with Crippen LogP contribution in [-0.2, 0) is 6.54 Å². The molecule has 5 heteroatoms. The van der Waals surface area contributed by atoms with E-state index in [1.807, 2.05) is 31.2 Å². The number of halogens is 2. The van der Waals surface area contributed by atoms with Crippen LogP contribution in [0.1, 0.15) is 23.2 Å². The molecule has 2 aromatic rings. The van der Waals surface area contributed by atoms with Crippen LogP contribution in [0.25, 0.3) is 0 Å². The number of nitrogens with two attached hydrogens (primary N) is 1. The van der Waals surface area contributed by atoms with Gasteiger partial charge in [0.2, 0.25) is 0 Å². The highest BCUT2D eigenvalue weighted by atomic mass is 19.3. The van der Waals surface area contributed by atoms with Crippen molar-refractivity contribution >= 4 is 5.69 Å². The van der Waals surface area contributed by atoms with E-state index in [4.69, 9.17) is 5.73 Å². The van der Waals surface area contributed by atoms with Crippen LogP contribution in [0, 0.1) is 6.92 Å². The summed E-state index contributed by atoms with van der Waals surface area (Å²) < 4.78 is 26.8. The van der Waals surface area contributed by atoms with Gasteiger partial charge in [-0.2, -0.15) is 5.10 Å². The highest BCUT2D eigenvalue weighted by molar-refractivity contribution is 5.42. The summed E-state index contributed by atoms with van der Waals surface area (Å²) >= 11 is 0. The maximum atomic E-state index is 12.8. The SMILES string of the molecule is Cc1ccccc1Cn1ncc(N)c1C(F)F. The molecule has 17 heavy (non-hydrogen) atoms. The van der Waals surface area contributed by atoms with Crippen LogP contribution >= 0.6 is 0 Å². The van der Waals surface area contributed by atoms with Gasteiger partial charge in [0, 0.05) is 0 Å². The van der Waals surface area contributed by atoms with Crippen LogP contribution in [0.15, 0.2) is 30.5 Å². The van der Waals surface area contributed by atoms with Crippen molar-refractivity contribution in [1.82, 2.24) is 9.78 Å². The minimum atomic E-state index is -2.61. The van der Waals surface area contributed by atoms with Crippen molar-refractivity contribution in [3.63, 3.8) is 0 Å². The van der Waals surface area contributed by atoms with Gasteiger partial charge < -0.3 is 5.73 Å². The molecular formula is C12H13F2N3. The van der Waals surface area contributed by atoms with E-state index in [1.54, 1.807) is 0 Å². The summed E-state index contributed by atoms with van der Waals surface area (Å²) in [6.45, 7) is 2.24. The molecule has 0 amide bonds. The quantitative estimate of drug-likeness (QED) is 0.892. The second-order valence-electron chi connectivity index (χ2n) is 3.87. The summed E-state index contributed by atoms with van der Waals surface area (Å²) in [6, 6.07) is 7.61. The van der Waals surface area contributed by atoms with E-state index in [1.165, 1.54) is 10.9 Å². The van der Waals surface area contributed by atoms with E-state index in [0.29, 0.717) is 6.54 Å². The first kappa shape index (κ1) is 11.6. The average molecular weight is 237 g/mol. The van der Waals surface area contributed by atoms with E-state index in [2.05, 4.69) is 5.10 Å². The molecule has 0 fully saturated rings. The fourth-order valence-corrected chi connectivity index (χ4v) is 1.72. The second-order valence-corrected chi connectivity index (χ2v) is 3.87. The number of alkyl halides is 2. The van der Waals surface area contributed by atoms with Crippen molar-refractivity contribution in [3.05, 3.63) is 47.3 Å². The van der Waals surface area contributed by atoms with E-state index < -0.39 is 6.43 Å². The molecule has 0 aliphatic heterocycles. The summed E-state index contributed by atoms with van der Waals surface area (Å²) in [5.74, 6) is 0. The maximum Gasteiger partial charge on any atom is 0.282 e. The first-order chi connectivity index (χ1) is 8.09. The van der Waals surface area contributed by atoms with E-state index in [-0.39, 0.29) is 11.4 Å². The molecule has 1 aromatic heterocycles. The van der Waals surface area contributed by atoms with Crippen LogP contribution in [0.5, 0.6) is 0 Å². The highest BCUT2D eigenvalue weighted by Gasteiger charge is 2.18. The largest absolute Gasteiger partial charge is 0.396 e. The Bertz CT molecular complexity index is 520. The molecule has 1 heterocycles. The third-order valence-electron chi connectivity index (χ3n) is 2.70. The number of aromatic nitrogens is 2. The predicted octanol–water partition coefficient (Wildman–Crippen LogP) is 2.76. The Morgan fingerprint density at radius 3 is 2.71 bits per heavy atom. The third kappa shape index (κ3) is 2.27. The van der Waals surface area contributed by atoms with Crippen LogP contribution in [0.2, 0.25) is 0 Å². The van der Waals surface area contributed by atoms with Crippen molar-refractivity contribution in [3.8, 4) is 0 Å². The van der Waals surface area contributed by atoms with Gasteiger partial charge >= 0.3 is 0 Å². The Labute approximate surface area is 97.9 Å². The van der Waals surface area contributed by atoms with E-state index in [0.717, 1.165) is 11.1 Å². The van der Waals surface area contributed by atoms with E-state index in [9.17, 15) is 8.78 Å². The van der Waals surface area contributed by atoms with Gasteiger partial charge in [-0.1, -0.05) is 24.3 Å². The number of benzene rings is 1. The number of aryl methyl sites for hydroxylation is 1. The number of hydrogen-bond acceptors (Lipinski definition) is 2. The number of nitrogen functional groups attached to an aromatic ring is 1. The summed E-state index contributed by atoms with van der Waals surface area (Å²) in [7, 11) is 0. The maximum absolute atomic E-state index is 12.8. The van der Waals surface area contributed by atoms with Crippen LogP contribution < -0.4 is 5.73 Å². The fourth-order valence-electron chi connectivity index (χ4n) is 1.72. The first-order valence-corrected chi connectivity index (χ1v) is 5.23. The number of nitrogens with zero attached hydrogens (tertiary/aromatic N) is 2. The summed E-state index contributed by atoms with van der Waals surface area (Å²) in [6.07, 6.45) is -1.35. The van der Waals surface area contributed by atoms with Crippen LogP contribution in [0.3, 0.4) is 0 Å². The molecule has 3 nitrogen and oxygen atoms in total. The Morgan fingerprint density at radius 1 is 1.35 bits per heavy atom. The van der Waals surface area contributed by atoms with Crippen molar-refractivity contribution < 1.29 is 8.78 Å². The zero-order chi connectivity index (χ0) is 12.4. The lowest BCUT2D eigenvalue weighted by Crippen LogP contribution is -2.08. The van der Waals surface area contributed by atoms with Crippen molar-refractivity contribution in [1.29, 1.82) is 0 Å². The molecule has 0 saturated heterocycles. The summed E-state index contributed by atoms with van der Waals surface area (Å²) in [5, 5.41) is 3.89. The molecule has 0 saturated carbocycles. The number of rotatable bonds is 3. The smallest absolute Gasteiger partial charge is 0.282 e. The summed E-state index contributed by atoms with van der Waals surface area (Å²) in [5.41, 5.74) is 7.29. The van der Waals surface area contributed by atoms with Crippen molar-refractivity contribution in [2.24, 2.45) is 0 Å². The van der Waals surface area contributed by atoms with Gasteiger partial charge in [-0.05, 0) is 18.1 Å². The molecule has 90 valence electrons. The zero-order valence-corrected chi connectivity index (χ0v) is 9.40. The van der Waals surface area contributed by atoms with Crippen LogP contribution in [-0.4, -0.2) is 9.78 Å². The molecule has 0 bridgehead atoms. The van der Waals surface area contributed by atoms with Gasteiger partial charge in [-0.3, -0.25) is 4.68 Å². The average Bonchev–Trinajstić information content (AvgIpc) is 2.63. The monoisotopic (exact) mass is 237 g/mol. The van der Waals surface area contributed by atoms with Crippen molar-refractivity contribution in [2.75, 3.05) is 5.73 Å². The molecule has 0 atom stereocenters. The zero-order valence-electron chi connectivity index (χ0n) is 9.40. The van der Waals surface area contributed by atoms with Gasteiger partial charge in [0.25, 0.3) is 6.43 Å². The molecule has 0 spiro atoms. The third-order valence-corrected chi connectivity index (χ3v) is 2.70. The highest BCUT2D eigenvalue weighted by Crippen LogP contribution is 2.25. The molecular weight excluding hydrogens is 224 g/mol. The van der Waals surface area contributed by atoms with Gasteiger partial charge in [0.1, 0.15) is 5.69 Å².